The van der Waals surface area contributed by atoms with E-state index < -0.39 is 6.10 Å². The van der Waals surface area contributed by atoms with E-state index in [1.165, 1.54) is 0 Å². The number of amides is 1. The average Bonchev–Trinajstić information content (AvgIpc) is 2.48. The van der Waals surface area contributed by atoms with Crippen LogP contribution in [0.3, 0.4) is 0 Å². The van der Waals surface area contributed by atoms with Crippen LogP contribution in [0.15, 0.2) is 24.3 Å². The zero-order valence-corrected chi connectivity index (χ0v) is 13.6. The van der Waals surface area contributed by atoms with E-state index >= 15 is 0 Å². The van der Waals surface area contributed by atoms with Crippen molar-refractivity contribution in [3.05, 3.63) is 29.8 Å². The summed E-state index contributed by atoms with van der Waals surface area (Å²) in [5.74, 6) is 0.702. The van der Waals surface area contributed by atoms with Crippen molar-refractivity contribution in [1.29, 1.82) is 0 Å². The zero-order chi connectivity index (χ0) is 15.7. The third-order valence-corrected chi connectivity index (χ3v) is 3.39. The van der Waals surface area contributed by atoms with Gasteiger partial charge >= 0.3 is 0 Å². The van der Waals surface area contributed by atoms with Gasteiger partial charge in [0.2, 0.25) is 0 Å². The quantitative estimate of drug-likeness (QED) is 0.688. The van der Waals surface area contributed by atoms with Crippen molar-refractivity contribution in [2.24, 2.45) is 0 Å². The molecule has 0 radical (unpaired) electrons. The first-order valence-electron chi connectivity index (χ1n) is 7.84. The van der Waals surface area contributed by atoms with Gasteiger partial charge in [0.25, 0.3) is 5.91 Å². The van der Waals surface area contributed by atoms with Gasteiger partial charge in [-0.25, -0.2) is 0 Å². The maximum atomic E-state index is 12.0. The molecular weight excluding hydrogens is 264 g/mol. The van der Waals surface area contributed by atoms with Crippen LogP contribution < -0.4 is 15.4 Å². The van der Waals surface area contributed by atoms with Gasteiger partial charge in [-0.05, 0) is 39.3 Å². The van der Waals surface area contributed by atoms with Gasteiger partial charge in [-0.1, -0.05) is 32.0 Å². The van der Waals surface area contributed by atoms with Crippen LogP contribution in [-0.2, 0) is 11.3 Å². The lowest BCUT2D eigenvalue weighted by Gasteiger charge is -2.19. The van der Waals surface area contributed by atoms with Gasteiger partial charge in [-0.2, -0.15) is 0 Å². The van der Waals surface area contributed by atoms with E-state index in [4.69, 9.17) is 4.74 Å². The predicted octanol–water partition coefficient (Wildman–Crippen LogP) is 2.87. The number of benzene rings is 1. The maximum Gasteiger partial charge on any atom is 0.260 e. The molecule has 1 amide bonds. The van der Waals surface area contributed by atoms with Crippen LogP contribution in [0.25, 0.3) is 0 Å². The first-order chi connectivity index (χ1) is 10.1. The number of carbonyl (C=O) groups is 1. The highest BCUT2D eigenvalue weighted by Gasteiger charge is 2.17. The van der Waals surface area contributed by atoms with Crippen LogP contribution in [0.1, 0.15) is 46.1 Å². The number of hydrogen-bond acceptors (Lipinski definition) is 3. The molecule has 0 aliphatic heterocycles. The Morgan fingerprint density at radius 3 is 2.62 bits per heavy atom. The molecule has 2 N–H and O–H groups in total. The van der Waals surface area contributed by atoms with Crippen molar-refractivity contribution in [3.63, 3.8) is 0 Å². The summed E-state index contributed by atoms with van der Waals surface area (Å²) in [6.45, 7) is 9.69. The molecule has 0 saturated heterocycles. The van der Waals surface area contributed by atoms with Crippen molar-refractivity contribution < 1.29 is 9.53 Å². The second-order valence-corrected chi connectivity index (χ2v) is 5.36. The largest absolute Gasteiger partial charge is 0.481 e. The summed E-state index contributed by atoms with van der Waals surface area (Å²) >= 11 is 0. The molecule has 4 nitrogen and oxygen atoms in total. The minimum absolute atomic E-state index is 0.0688. The summed E-state index contributed by atoms with van der Waals surface area (Å²) in [6.07, 6.45) is 1.51. The fourth-order valence-corrected chi connectivity index (χ4v) is 1.87. The number of para-hydroxylation sites is 1. The molecule has 0 saturated carbocycles. The van der Waals surface area contributed by atoms with Gasteiger partial charge in [0.1, 0.15) is 5.75 Å². The molecule has 0 aromatic heterocycles. The molecule has 0 heterocycles. The molecular formula is C17H28N2O2. The first-order valence-corrected chi connectivity index (χ1v) is 7.84. The lowest BCUT2D eigenvalue weighted by atomic mass is 10.2. The minimum Gasteiger partial charge on any atom is -0.481 e. The number of rotatable bonds is 9. The van der Waals surface area contributed by atoms with E-state index in [9.17, 15) is 4.79 Å². The summed E-state index contributed by atoms with van der Waals surface area (Å²) in [6, 6.07) is 8.02. The average molecular weight is 292 g/mol. The molecule has 1 aromatic rings. The van der Waals surface area contributed by atoms with Crippen molar-refractivity contribution in [2.75, 3.05) is 6.54 Å². The Bertz CT molecular complexity index is 435. The Morgan fingerprint density at radius 1 is 1.24 bits per heavy atom. The summed E-state index contributed by atoms with van der Waals surface area (Å²) in [4.78, 5) is 12.0. The van der Waals surface area contributed by atoms with E-state index in [-0.39, 0.29) is 11.9 Å². The monoisotopic (exact) mass is 292 g/mol. The fraction of sp³-hybridized carbons (Fsp3) is 0.588. The molecule has 0 fully saturated rings. The van der Waals surface area contributed by atoms with Crippen molar-refractivity contribution in [1.82, 2.24) is 10.6 Å². The molecule has 2 atom stereocenters. The molecule has 118 valence electrons. The van der Waals surface area contributed by atoms with Gasteiger partial charge in [-0.3, -0.25) is 4.79 Å². The van der Waals surface area contributed by atoms with E-state index in [1.807, 2.05) is 38.1 Å². The Kier molecular flexibility index (Phi) is 7.83. The SMILES string of the molecule is CCCNCc1ccccc1OC(C)C(=O)NC(C)CC. The molecule has 0 aliphatic rings. The number of nitrogens with one attached hydrogen (secondary N) is 2. The Morgan fingerprint density at radius 2 is 1.95 bits per heavy atom. The van der Waals surface area contributed by atoms with Crippen molar-refractivity contribution in [2.45, 2.75) is 59.2 Å². The molecule has 0 aliphatic carbocycles. The first kappa shape index (κ1) is 17.5. The number of ether oxygens (including phenoxy) is 1. The van der Waals surface area contributed by atoms with Crippen LogP contribution in [-0.4, -0.2) is 24.6 Å². The highest BCUT2D eigenvalue weighted by Crippen LogP contribution is 2.19. The van der Waals surface area contributed by atoms with Crippen molar-refractivity contribution in [3.8, 4) is 5.75 Å². The molecule has 2 unspecified atom stereocenters. The fourth-order valence-electron chi connectivity index (χ4n) is 1.87. The summed E-state index contributed by atoms with van der Waals surface area (Å²) in [5.41, 5.74) is 1.08. The topological polar surface area (TPSA) is 50.4 Å². The van der Waals surface area contributed by atoms with Gasteiger partial charge in [0, 0.05) is 18.2 Å². The molecule has 1 aromatic carbocycles. The summed E-state index contributed by atoms with van der Waals surface area (Å²) in [7, 11) is 0. The molecule has 4 heteroatoms. The van der Waals surface area contributed by atoms with E-state index in [2.05, 4.69) is 17.6 Å². The molecule has 1 rings (SSSR count). The van der Waals surface area contributed by atoms with Crippen LogP contribution in [0.2, 0.25) is 0 Å². The van der Waals surface area contributed by atoms with Crippen LogP contribution >= 0.6 is 0 Å². The van der Waals surface area contributed by atoms with Gasteiger partial charge in [0.15, 0.2) is 6.10 Å². The van der Waals surface area contributed by atoms with E-state index in [1.54, 1.807) is 6.92 Å². The smallest absolute Gasteiger partial charge is 0.260 e. The summed E-state index contributed by atoms with van der Waals surface area (Å²) < 4.78 is 5.83. The Balaban J connectivity index is 2.62. The number of carbonyl (C=O) groups excluding carboxylic acids is 1. The van der Waals surface area contributed by atoms with E-state index in [0.717, 1.165) is 37.2 Å². The normalized spacial score (nSPS) is 13.5. The number of hydrogen-bond donors (Lipinski definition) is 2. The van der Waals surface area contributed by atoms with Crippen LogP contribution in [0.4, 0.5) is 0 Å². The Labute approximate surface area is 128 Å². The minimum atomic E-state index is -0.494. The predicted molar refractivity (Wildman–Crippen MR) is 86.4 cm³/mol. The van der Waals surface area contributed by atoms with Crippen molar-refractivity contribution >= 4 is 5.91 Å². The highest BCUT2D eigenvalue weighted by atomic mass is 16.5. The standard InChI is InChI=1S/C17H28N2O2/c1-5-11-18-12-15-9-7-8-10-16(15)21-14(4)17(20)19-13(3)6-2/h7-10,13-14,18H,5-6,11-12H2,1-4H3,(H,19,20). The maximum absolute atomic E-state index is 12.0. The zero-order valence-electron chi connectivity index (χ0n) is 13.6. The Hall–Kier alpha value is -1.55. The lowest BCUT2D eigenvalue weighted by molar-refractivity contribution is -0.127. The second kappa shape index (κ2) is 9.40. The van der Waals surface area contributed by atoms with Gasteiger partial charge < -0.3 is 15.4 Å². The van der Waals surface area contributed by atoms with Crippen LogP contribution in [0, 0.1) is 0 Å². The molecule has 21 heavy (non-hydrogen) atoms. The summed E-state index contributed by atoms with van der Waals surface area (Å²) in [5, 5.41) is 6.30. The third-order valence-electron chi connectivity index (χ3n) is 3.39. The van der Waals surface area contributed by atoms with Gasteiger partial charge in [-0.15, -0.1) is 0 Å². The third kappa shape index (κ3) is 6.17. The second-order valence-electron chi connectivity index (χ2n) is 5.36. The lowest BCUT2D eigenvalue weighted by Crippen LogP contribution is -2.41. The molecule has 0 bridgehead atoms. The van der Waals surface area contributed by atoms with Gasteiger partial charge in [0.05, 0.1) is 0 Å². The van der Waals surface area contributed by atoms with E-state index in [0.29, 0.717) is 0 Å². The highest BCUT2D eigenvalue weighted by molar-refractivity contribution is 5.81. The molecule has 0 spiro atoms. The van der Waals surface area contributed by atoms with Crippen LogP contribution in [0.5, 0.6) is 5.75 Å².